The van der Waals surface area contributed by atoms with Crippen LogP contribution in [0.2, 0.25) is 0 Å². The highest BCUT2D eigenvalue weighted by atomic mass is 15.1. The van der Waals surface area contributed by atoms with Gasteiger partial charge in [-0.15, -0.1) is 0 Å². The lowest BCUT2D eigenvalue weighted by Crippen LogP contribution is -2.16. The molecule has 3 heteroatoms. The molecule has 0 bridgehead atoms. The van der Waals surface area contributed by atoms with Gasteiger partial charge in [-0.25, -0.2) is 4.98 Å². The van der Waals surface area contributed by atoms with Crippen LogP contribution in [0.5, 0.6) is 0 Å². The maximum absolute atomic E-state index is 5.75. The fourth-order valence-electron chi connectivity index (χ4n) is 2.26. The lowest BCUT2D eigenvalue weighted by Gasteiger charge is -2.27. The number of fused-ring (bicyclic) bond motifs is 1. The molecule has 0 spiro atoms. The van der Waals surface area contributed by atoms with Crippen LogP contribution in [-0.2, 0) is 6.54 Å². The zero-order valence-electron chi connectivity index (χ0n) is 8.69. The molecule has 2 N–H and O–H groups in total. The van der Waals surface area contributed by atoms with Crippen molar-refractivity contribution in [1.29, 1.82) is 0 Å². The Balaban J connectivity index is 2.20. The van der Waals surface area contributed by atoms with E-state index in [9.17, 15) is 0 Å². The summed E-state index contributed by atoms with van der Waals surface area (Å²) < 4.78 is 2.31. The highest BCUT2D eigenvalue weighted by Crippen LogP contribution is 2.35. The first-order valence-electron chi connectivity index (χ1n) is 5.54. The molecule has 0 saturated heterocycles. The van der Waals surface area contributed by atoms with E-state index in [-0.39, 0.29) is 0 Å². The summed E-state index contributed by atoms with van der Waals surface area (Å²) in [6.45, 7) is 0.599. The van der Waals surface area contributed by atoms with E-state index in [1.807, 2.05) is 12.3 Å². The number of aromatic nitrogens is 2. The van der Waals surface area contributed by atoms with Crippen molar-refractivity contribution in [1.82, 2.24) is 9.55 Å². The van der Waals surface area contributed by atoms with Gasteiger partial charge >= 0.3 is 0 Å². The SMILES string of the molecule is NCc1cn(C2CCC2)c2ncccc12. The van der Waals surface area contributed by atoms with Gasteiger partial charge in [-0.2, -0.15) is 0 Å². The Morgan fingerprint density at radius 1 is 1.47 bits per heavy atom. The lowest BCUT2D eigenvalue weighted by atomic mass is 9.93. The minimum absolute atomic E-state index is 0.599. The zero-order chi connectivity index (χ0) is 10.3. The van der Waals surface area contributed by atoms with Gasteiger partial charge < -0.3 is 10.3 Å². The maximum atomic E-state index is 5.75. The molecule has 0 atom stereocenters. The van der Waals surface area contributed by atoms with Crippen LogP contribution in [0.15, 0.2) is 24.5 Å². The topological polar surface area (TPSA) is 43.8 Å². The monoisotopic (exact) mass is 201 g/mol. The van der Waals surface area contributed by atoms with Crippen LogP contribution in [-0.4, -0.2) is 9.55 Å². The number of rotatable bonds is 2. The summed E-state index contributed by atoms with van der Waals surface area (Å²) in [6, 6.07) is 4.74. The summed E-state index contributed by atoms with van der Waals surface area (Å²) in [7, 11) is 0. The van der Waals surface area contributed by atoms with E-state index in [0.29, 0.717) is 12.6 Å². The molecule has 1 aliphatic carbocycles. The molecule has 0 radical (unpaired) electrons. The molecule has 1 saturated carbocycles. The van der Waals surface area contributed by atoms with Crippen LogP contribution in [0.1, 0.15) is 30.9 Å². The smallest absolute Gasteiger partial charge is 0.140 e. The van der Waals surface area contributed by atoms with Gasteiger partial charge in [-0.05, 0) is 37.0 Å². The Morgan fingerprint density at radius 3 is 3.00 bits per heavy atom. The van der Waals surface area contributed by atoms with Crippen LogP contribution in [0.3, 0.4) is 0 Å². The summed E-state index contributed by atoms with van der Waals surface area (Å²) in [5.41, 5.74) is 8.06. The minimum atomic E-state index is 0.599. The Hall–Kier alpha value is -1.35. The number of nitrogens with zero attached hydrogens (tertiary/aromatic N) is 2. The third kappa shape index (κ3) is 1.27. The van der Waals surface area contributed by atoms with E-state index in [4.69, 9.17) is 5.73 Å². The molecule has 0 aliphatic heterocycles. The quantitative estimate of drug-likeness (QED) is 0.809. The molecule has 1 fully saturated rings. The van der Waals surface area contributed by atoms with Crippen molar-refractivity contribution in [2.24, 2.45) is 5.73 Å². The summed E-state index contributed by atoms with van der Waals surface area (Å²) in [5.74, 6) is 0. The second-order valence-corrected chi connectivity index (χ2v) is 4.23. The highest BCUT2D eigenvalue weighted by molar-refractivity contribution is 5.80. The molecule has 1 aliphatic rings. The molecule has 2 heterocycles. The Kier molecular flexibility index (Phi) is 1.99. The van der Waals surface area contributed by atoms with E-state index >= 15 is 0 Å². The Morgan fingerprint density at radius 2 is 2.33 bits per heavy atom. The van der Waals surface area contributed by atoms with E-state index in [2.05, 4.69) is 21.8 Å². The highest BCUT2D eigenvalue weighted by Gasteiger charge is 2.22. The van der Waals surface area contributed by atoms with E-state index < -0.39 is 0 Å². The van der Waals surface area contributed by atoms with Gasteiger partial charge in [-0.1, -0.05) is 0 Å². The van der Waals surface area contributed by atoms with Gasteiger partial charge in [0.2, 0.25) is 0 Å². The second kappa shape index (κ2) is 3.35. The first-order chi connectivity index (χ1) is 7.40. The number of hydrogen-bond acceptors (Lipinski definition) is 2. The fraction of sp³-hybridized carbons (Fsp3) is 0.417. The average Bonchev–Trinajstić information content (AvgIpc) is 2.55. The standard InChI is InChI=1S/C12H15N3/c13-7-9-8-15(10-3-1-4-10)12-11(9)5-2-6-14-12/h2,5-6,8,10H,1,3-4,7,13H2. The number of hydrogen-bond donors (Lipinski definition) is 1. The van der Waals surface area contributed by atoms with Crippen LogP contribution in [0.4, 0.5) is 0 Å². The van der Waals surface area contributed by atoms with Crippen molar-refractivity contribution in [3.63, 3.8) is 0 Å². The van der Waals surface area contributed by atoms with E-state index in [1.165, 1.54) is 30.2 Å². The second-order valence-electron chi connectivity index (χ2n) is 4.23. The van der Waals surface area contributed by atoms with Gasteiger partial charge in [0, 0.05) is 30.4 Å². The summed E-state index contributed by atoms with van der Waals surface area (Å²) >= 11 is 0. The predicted octanol–water partition coefficient (Wildman–Crippen LogP) is 2.22. The average molecular weight is 201 g/mol. The van der Waals surface area contributed by atoms with Crippen LogP contribution >= 0.6 is 0 Å². The summed E-state index contributed by atoms with van der Waals surface area (Å²) in [4.78, 5) is 4.46. The number of nitrogens with two attached hydrogens (primary N) is 1. The first kappa shape index (κ1) is 8.92. The summed E-state index contributed by atoms with van der Waals surface area (Å²) in [5, 5.41) is 1.21. The van der Waals surface area contributed by atoms with E-state index in [0.717, 1.165) is 5.65 Å². The van der Waals surface area contributed by atoms with Gasteiger partial charge in [0.1, 0.15) is 5.65 Å². The third-order valence-corrected chi connectivity index (χ3v) is 3.36. The fourth-order valence-corrected chi connectivity index (χ4v) is 2.26. The molecule has 0 aromatic carbocycles. The summed E-state index contributed by atoms with van der Waals surface area (Å²) in [6.07, 6.45) is 7.95. The Labute approximate surface area is 88.9 Å². The van der Waals surface area contributed by atoms with Gasteiger partial charge in [0.15, 0.2) is 0 Å². The van der Waals surface area contributed by atoms with Gasteiger partial charge in [0.25, 0.3) is 0 Å². The minimum Gasteiger partial charge on any atom is -0.329 e. The third-order valence-electron chi connectivity index (χ3n) is 3.36. The molecule has 15 heavy (non-hydrogen) atoms. The van der Waals surface area contributed by atoms with Crippen molar-refractivity contribution in [2.45, 2.75) is 31.8 Å². The van der Waals surface area contributed by atoms with Crippen LogP contribution < -0.4 is 5.73 Å². The zero-order valence-corrected chi connectivity index (χ0v) is 8.69. The van der Waals surface area contributed by atoms with Gasteiger partial charge in [0.05, 0.1) is 0 Å². The predicted molar refractivity (Wildman–Crippen MR) is 60.5 cm³/mol. The van der Waals surface area contributed by atoms with Crippen LogP contribution in [0, 0.1) is 0 Å². The molecule has 0 unspecified atom stereocenters. The molecule has 3 nitrogen and oxygen atoms in total. The molecule has 2 aromatic heterocycles. The molecular weight excluding hydrogens is 186 g/mol. The van der Waals surface area contributed by atoms with Crippen molar-refractivity contribution < 1.29 is 0 Å². The lowest BCUT2D eigenvalue weighted by molar-refractivity contribution is 0.320. The van der Waals surface area contributed by atoms with E-state index in [1.54, 1.807) is 0 Å². The largest absolute Gasteiger partial charge is 0.329 e. The molecule has 3 rings (SSSR count). The number of pyridine rings is 1. The van der Waals surface area contributed by atoms with Gasteiger partial charge in [-0.3, -0.25) is 0 Å². The molecular formula is C12H15N3. The molecule has 2 aromatic rings. The maximum Gasteiger partial charge on any atom is 0.140 e. The van der Waals surface area contributed by atoms with Crippen molar-refractivity contribution in [2.75, 3.05) is 0 Å². The molecule has 0 amide bonds. The Bertz CT molecular complexity index is 483. The van der Waals surface area contributed by atoms with Crippen molar-refractivity contribution >= 4 is 11.0 Å². The molecule has 78 valence electrons. The normalized spacial score (nSPS) is 16.9. The van der Waals surface area contributed by atoms with Crippen LogP contribution in [0.25, 0.3) is 11.0 Å². The van der Waals surface area contributed by atoms with Crippen molar-refractivity contribution in [3.8, 4) is 0 Å². The van der Waals surface area contributed by atoms with Crippen molar-refractivity contribution in [3.05, 3.63) is 30.1 Å². The first-order valence-corrected chi connectivity index (χ1v) is 5.54.